The smallest absolute Gasteiger partial charge is 0.422 e. The maximum atomic E-state index is 13.9. The van der Waals surface area contributed by atoms with Crippen LogP contribution in [0.4, 0.5) is 29.1 Å². The molecule has 0 radical (unpaired) electrons. The molecular weight excluding hydrogens is 366 g/mol. The normalized spacial score (nSPS) is 15.0. The highest BCUT2D eigenvalue weighted by Gasteiger charge is 2.30. The summed E-state index contributed by atoms with van der Waals surface area (Å²) in [5, 5.41) is 0. The molecule has 144 valence electrons. The molecular formula is C18H17F4N3O2. The third kappa shape index (κ3) is 4.87. The second kappa shape index (κ2) is 7.81. The van der Waals surface area contributed by atoms with E-state index in [1.807, 2.05) is 9.80 Å². The first-order valence-corrected chi connectivity index (χ1v) is 8.28. The molecule has 3 rings (SSSR count). The Morgan fingerprint density at radius 2 is 1.70 bits per heavy atom. The van der Waals surface area contributed by atoms with Gasteiger partial charge in [0.2, 0.25) is 0 Å². The minimum absolute atomic E-state index is 0.0482. The SMILES string of the molecule is O=C(OCC(F)(F)F)c1ccc(N2CCN(c3ccccc3F)CC2)nc1. The molecule has 5 nitrogen and oxygen atoms in total. The number of para-hydroxylation sites is 1. The standard InChI is InChI=1S/C18H17F4N3O2/c19-14-3-1-2-4-15(14)24-7-9-25(10-8-24)16-6-5-13(11-23-16)17(26)27-12-18(20,21)22/h1-6,11H,7-10,12H2. The molecule has 1 aliphatic heterocycles. The summed E-state index contributed by atoms with van der Waals surface area (Å²) < 4.78 is 54.3. The van der Waals surface area contributed by atoms with Crippen LogP contribution in [-0.2, 0) is 4.74 Å². The fourth-order valence-electron chi connectivity index (χ4n) is 2.81. The maximum Gasteiger partial charge on any atom is 0.422 e. The lowest BCUT2D eigenvalue weighted by atomic mass is 10.2. The van der Waals surface area contributed by atoms with E-state index in [2.05, 4.69) is 9.72 Å². The highest BCUT2D eigenvalue weighted by molar-refractivity contribution is 5.89. The molecule has 0 amide bonds. The van der Waals surface area contributed by atoms with Crippen molar-refractivity contribution in [3.8, 4) is 0 Å². The number of anilines is 2. The van der Waals surface area contributed by atoms with E-state index in [9.17, 15) is 22.4 Å². The zero-order valence-electron chi connectivity index (χ0n) is 14.2. The number of aromatic nitrogens is 1. The summed E-state index contributed by atoms with van der Waals surface area (Å²) in [6.45, 7) is 0.750. The van der Waals surface area contributed by atoms with Crippen molar-refractivity contribution < 1.29 is 27.1 Å². The molecule has 0 bridgehead atoms. The number of pyridine rings is 1. The lowest BCUT2D eigenvalue weighted by Gasteiger charge is -2.36. The molecule has 1 aromatic heterocycles. The molecule has 2 aromatic rings. The summed E-state index contributed by atoms with van der Waals surface area (Å²) in [5.74, 6) is -0.753. The van der Waals surface area contributed by atoms with Gasteiger partial charge in [0.25, 0.3) is 0 Å². The van der Waals surface area contributed by atoms with Gasteiger partial charge >= 0.3 is 12.1 Å². The summed E-state index contributed by atoms with van der Waals surface area (Å²) in [6.07, 6.45) is -3.38. The van der Waals surface area contributed by atoms with E-state index < -0.39 is 18.8 Å². The Morgan fingerprint density at radius 1 is 1.04 bits per heavy atom. The second-order valence-electron chi connectivity index (χ2n) is 6.02. The lowest BCUT2D eigenvalue weighted by molar-refractivity contribution is -0.161. The van der Waals surface area contributed by atoms with Crippen LogP contribution in [0.3, 0.4) is 0 Å². The first-order valence-electron chi connectivity index (χ1n) is 8.28. The van der Waals surface area contributed by atoms with Crippen molar-refractivity contribution in [2.75, 3.05) is 42.6 Å². The number of rotatable bonds is 4. The Labute approximate surface area is 153 Å². The van der Waals surface area contributed by atoms with Gasteiger partial charge in [-0.1, -0.05) is 12.1 Å². The fraction of sp³-hybridized carbons (Fsp3) is 0.333. The van der Waals surface area contributed by atoms with Gasteiger partial charge in [-0.2, -0.15) is 13.2 Å². The summed E-state index contributed by atoms with van der Waals surface area (Å²) in [4.78, 5) is 19.6. The number of piperazine rings is 1. The Kier molecular flexibility index (Phi) is 5.48. The van der Waals surface area contributed by atoms with Crippen molar-refractivity contribution >= 4 is 17.5 Å². The van der Waals surface area contributed by atoms with E-state index in [0.29, 0.717) is 37.7 Å². The number of halogens is 4. The predicted molar refractivity (Wildman–Crippen MR) is 91.4 cm³/mol. The Morgan fingerprint density at radius 3 is 2.30 bits per heavy atom. The molecule has 0 unspecified atom stereocenters. The summed E-state index contributed by atoms with van der Waals surface area (Å²) in [5.41, 5.74) is 0.501. The first-order chi connectivity index (χ1) is 12.8. The monoisotopic (exact) mass is 383 g/mol. The van der Waals surface area contributed by atoms with Gasteiger partial charge < -0.3 is 14.5 Å². The van der Waals surface area contributed by atoms with Crippen LogP contribution in [0.2, 0.25) is 0 Å². The van der Waals surface area contributed by atoms with E-state index in [-0.39, 0.29) is 11.4 Å². The number of alkyl halides is 3. The molecule has 1 aliphatic rings. The number of nitrogens with zero attached hydrogens (tertiary/aromatic N) is 3. The Hall–Kier alpha value is -2.84. The van der Waals surface area contributed by atoms with E-state index in [1.54, 1.807) is 24.3 Å². The number of esters is 1. The van der Waals surface area contributed by atoms with Gasteiger partial charge in [0.1, 0.15) is 11.6 Å². The van der Waals surface area contributed by atoms with Crippen LogP contribution in [0.15, 0.2) is 42.6 Å². The number of hydrogen-bond donors (Lipinski definition) is 0. The van der Waals surface area contributed by atoms with Crippen LogP contribution in [0.1, 0.15) is 10.4 Å². The number of carbonyl (C=O) groups excluding carboxylic acids is 1. The molecule has 2 heterocycles. The van der Waals surface area contributed by atoms with Gasteiger partial charge in [-0.3, -0.25) is 0 Å². The minimum atomic E-state index is -4.57. The highest BCUT2D eigenvalue weighted by Crippen LogP contribution is 2.22. The van der Waals surface area contributed by atoms with Crippen LogP contribution >= 0.6 is 0 Å². The predicted octanol–water partition coefficient (Wildman–Crippen LogP) is 3.27. The lowest BCUT2D eigenvalue weighted by Crippen LogP contribution is -2.47. The minimum Gasteiger partial charge on any atom is -0.452 e. The second-order valence-corrected chi connectivity index (χ2v) is 6.02. The first kappa shape index (κ1) is 18.9. The van der Waals surface area contributed by atoms with Gasteiger partial charge in [0.05, 0.1) is 11.3 Å². The molecule has 9 heteroatoms. The van der Waals surface area contributed by atoms with Crippen molar-refractivity contribution in [2.45, 2.75) is 6.18 Å². The van der Waals surface area contributed by atoms with Crippen LogP contribution in [0.5, 0.6) is 0 Å². The van der Waals surface area contributed by atoms with E-state index in [1.165, 1.54) is 18.3 Å². The van der Waals surface area contributed by atoms with Crippen LogP contribution in [0, 0.1) is 5.82 Å². The maximum absolute atomic E-state index is 13.9. The molecule has 27 heavy (non-hydrogen) atoms. The highest BCUT2D eigenvalue weighted by atomic mass is 19.4. The third-order valence-electron chi connectivity index (χ3n) is 4.15. The van der Waals surface area contributed by atoms with Crippen LogP contribution < -0.4 is 9.80 Å². The third-order valence-corrected chi connectivity index (χ3v) is 4.15. The van der Waals surface area contributed by atoms with Gasteiger partial charge in [0, 0.05) is 32.4 Å². The Balaban J connectivity index is 1.57. The summed E-state index contributed by atoms with van der Waals surface area (Å²) in [6, 6.07) is 9.50. The van der Waals surface area contributed by atoms with Crippen molar-refractivity contribution in [3.05, 3.63) is 54.0 Å². The van der Waals surface area contributed by atoms with Crippen LogP contribution in [-0.4, -0.2) is 49.9 Å². The molecule has 0 aliphatic carbocycles. The topological polar surface area (TPSA) is 45.7 Å². The number of ether oxygens (including phenoxy) is 1. The number of hydrogen-bond acceptors (Lipinski definition) is 5. The zero-order valence-corrected chi connectivity index (χ0v) is 14.2. The largest absolute Gasteiger partial charge is 0.452 e. The van der Waals surface area contributed by atoms with Crippen molar-refractivity contribution in [3.63, 3.8) is 0 Å². The molecule has 0 saturated carbocycles. The fourth-order valence-corrected chi connectivity index (χ4v) is 2.81. The van der Waals surface area contributed by atoms with Crippen molar-refractivity contribution in [1.29, 1.82) is 0 Å². The number of benzene rings is 1. The van der Waals surface area contributed by atoms with Gasteiger partial charge in [-0.05, 0) is 24.3 Å². The Bertz CT molecular complexity index is 788. The number of carbonyl (C=O) groups is 1. The molecule has 1 fully saturated rings. The molecule has 1 aromatic carbocycles. The molecule has 0 N–H and O–H groups in total. The van der Waals surface area contributed by atoms with E-state index in [4.69, 9.17) is 0 Å². The molecule has 0 spiro atoms. The van der Waals surface area contributed by atoms with Crippen LogP contribution in [0.25, 0.3) is 0 Å². The van der Waals surface area contributed by atoms with Gasteiger partial charge in [-0.15, -0.1) is 0 Å². The average Bonchev–Trinajstić information content (AvgIpc) is 2.66. The quantitative estimate of drug-likeness (QED) is 0.599. The van der Waals surface area contributed by atoms with E-state index in [0.717, 1.165) is 0 Å². The summed E-state index contributed by atoms with van der Waals surface area (Å²) >= 11 is 0. The average molecular weight is 383 g/mol. The van der Waals surface area contributed by atoms with E-state index >= 15 is 0 Å². The van der Waals surface area contributed by atoms with Crippen molar-refractivity contribution in [2.24, 2.45) is 0 Å². The van der Waals surface area contributed by atoms with Gasteiger partial charge in [-0.25, -0.2) is 14.2 Å². The zero-order chi connectivity index (χ0) is 19.4. The molecule has 1 saturated heterocycles. The summed E-state index contributed by atoms with van der Waals surface area (Å²) in [7, 11) is 0. The van der Waals surface area contributed by atoms with Crippen molar-refractivity contribution in [1.82, 2.24) is 4.98 Å². The molecule has 0 atom stereocenters. The van der Waals surface area contributed by atoms with Gasteiger partial charge in [0.15, 0.2) is 6.61 Å².